The number of rotatable bonds is 5. The normalized spacial score (nSPS) is 18.3. The molecule has 0 spiro atoms. The van der Waals surface area contributed by atoms with E-state index in [1.54, 1.807) is 0 Å². The van der Waals surface area contributed by atoms with Crippen molar-refractivity contribution in [3.05, 3.63) is 24.0 Å². The van der Waals surface area contributed by atoms with E-state index in [9.17, 15) is 5.11 Å². The van der Waals surface area contributed by atoms with E-state index in [0.29, 0.717) is 12.6 Å². The summed E-state index contributed by atoms with van der Waals surface area (Å²) in [5, 5.41) is 9.29. The maximum atomic E-state index is 9.29. The molecule has 1 saturated carbocycles. The van der Waals surface area contributed by atoms with Crippen molar-refractivity contribution in [3.8, 4) is 0 Å². The second-order valence-electron chi connectivity index (χ2n) is 5.44. The Morgan fingerprint density at radius 2 is 2.11 bits per heavy atom. The fraction of sp³-hybridized carbons (Fsp3) is 0.667. The van der Waals surface area contributed by atoms with E-state index in [2.05, 4.69) is 16.0 Å². The van der Waals surface area contributed by atoms with Crippen LogP contribution in [-0.2, 0) is 0 Å². The van der Waals surface area contributed by atoms with E-state index in [4.69, 9.17) is 5.73 Å². The second-order valence-corrected chi connectivity index (χ2v) is 5.44. The van der Waals surface area contributed by atoms with Crippen molar-refractivity contribution in [1.82, 2.24) is 4.98 Å². The minimum atomic E-state index is -0.0324. The molecule has 0 aliphatic heterocycles. The quantitative estimate of drug-likeness (QED) is 0.855. The third kappa shape index (κ3) is 3.67. The Morgan fingerprint density at radius 1 is 1.37 bits per heavy atom. The van der Waals surface area contributed by atoms with E-state index in [-0.39, 0.29) is 12.6 Å². The molecule has 0 amide bonds. The molecule has 1 heterocycles. The average Bonchev–Trinajstić information content (AvgIpc) is 2.46. The highest BCUT2D eigenvalue weighted by Gasteiger charge is 2.21. The van der Waals surface area contributed by atoms with Gasteiger partial charge in [0.15, 0.2) is 0 Å². The zero-order valence-corrected chi connectivity index (χ0v) is 11.8. The smallest absolute Gasteiger partial charge is 0.0606 e. The average molecular weight is 263 g/mol. The Morgan fingerprint density at radius 3 is 2.63 bits per heavy atom. The molecule has 1 aliphatic carbocycles. The van der Waals surface area contributed by atoms with Gasteiger partial charge in [-0.2, -0.15) is 0 Å². The summed E-state index contributed by atoms with van der Waals surface area (Å²) in [5.41, 5.74) is 7.84. The van der Waals surface area contributed by atoms with Crippen LogP contribution in [0.3, 0.4) is 0 Å². The molecule has 0 aromatic carbocycles. The van der Waals surface area contributed by atoms with Gasteiger partial charge in [0.2, 0.25) is 0 Å². The van der Waals surface area contributed by atoms with E-state index in [1.807, 2.05) is 19.2 Å². The maximum Gasteiger partial charge on any atom is 0.0606 e. The molecule has 0 radical (unpaired) electrons. The molecule has 1 aliphatic rings. The van der Waals surface area contributed by atoms with Crippen molar-refractivity contribution >= 4 is 5.69 Å². The number of hydrogen-bond acceptors (Lipinski definition) is 4. The van der Waals surface area contributed by atoms with E-state index in [1.165, 1.54) is 32.1 Å². The van der Waals surface area contributed by atoms with Gasteiger partial charge in [-0.1, -0.05) is 19.3 Å². The molecule has 19 heavy (non-hydrogen) atoms. The Bertz CT molecular complexity index is 371. The minimum absolute atomic E-state index is 0.0324. The van der Waals surface area contributed by atoms with Crippen LogP contribution in [-0.4, -0.2) is 29.3 Å². The van der Waals surface area contributed by atoms with Crippen LogP contribution in [0.25, 0.3) is 0 Å². The summed E-state index contributed by atoms with van der Waals surface area (Å²) in [4.78, 5) is 6.73. The van der Waals surface area contributed by atoms with Gasteiger partial charge in [-0.15, -0.1) is 0 Å². The molecular formula is C15H25N3O. The van der Waals surface area contributed by atoms with Crippen molar-refractivity contribution in [2.45, 2.75) is 51.1 Å². The molecule has 106 valence electrons. The predicted molar refractivity (Wildman–Crippen MR) is 78.1 cm³/mol. The lowest BCUT2D eigenvalue weighted by molar-refractivity contribution is 0.290. The number of anilines is 1. The van der Waals surface area contributed by atoms with Crippen LogP contribution >= 0.6 is 0 Å². The number of pyridine rings is 1. The van der Waals surface area contributed by atoms with Gasteiger partial charge >= 0.3 is 0 Å². The SMILES string of the molecule is C[C@@H](N)c1ccc(N(CCO)C2CCCCC2)cn1. The van der Waals surface area contributed by atoms with Crippen molar-refractivity contribution < 1.29 is 5.11 Å². The molecule has 0 bridgehead atoms. The lowest BCUT2D eigenvalue weighted by Crippen LogP contribution is -2.39. The molecule has 4 nitrogen and oxygen atoms in total. The van der Waals surface area contributed by atoms with Crippen molar-refractivity contribution in [1.29, 1.82) is 0 Å². The maximum absolute atomic E-state index is 9.29. The molecule has 1 fully saturated rings. The number of aromatic nitrogens is 1. The van der Waals surface area contributed by atoms with Gasteiger partial charge in [0.1, 0.15) is 0 Å². The molecule has 1 aromatic rings. The third-order valence-corrected chi connectivity index (χ3v) is 3.93. The Kier molecular flexibility index (Phi) is 5.16. The highest BCUT2D eigenvalue weighted by molar-refractivity contribution is 5.46. The summed E-state index contributed by atoms with van der Waals surface area (Å²) in [6.45, 7) is 2.81. The number of aliphatic hydroxyl groups is 1. The van der Waals surface area contributed by atoms with Crippen molar-refractivity contribution in [2.75, 3.05) is 18.1 Å². The van der Waals surface area contributed by atoms with Gasteiger partial charge in [-0.05, 0) is 31.9 Å². The van der Waals surface area contributed by atoms with E-state index in [0.717, 1.165) is 11.4 Å². The first-order valence-corrected chi connectivity index (χ1v) is 7.31. The highest BCUT2D eigenvalue weighted by atomic mass is 16.3. The van der Waals surface area contributed by atoms with Gasteiger partial charge in [-0.25, -0.2) is 0 Å². The summed E-state index contributed by atoms with van der Waals surface area (Å²) in [5.74, 6) is 0. The van der Waals surface area contributed by atoms with Gasteiger partial charge in [-0.3, -0.25) is 4.98 Å². The van der Waals surface area contributed by atoms with Gasteiger partial charge < -0.3 is 15.7 Å². The summed E-state index contributed by atoms with van der Waals surface area (Å²) in [6, 6.07) is 4.59. The van der Waals surface area contributed by atoms with Gasteiger partial charge in [0, 0.05) is 18.6 Å². The molecule has 3 N–H and O–H groups in total. The van der Waals surface area contributed by atoms with Gasteiger partial charge in [0.05, 0.1) is 24.2 Å². The fourth-order valence-electron chi connectivity index (χ4n) is 2.86. The lowest BCUT2D eigenvalue weighted by Gasteiger charge is -2.35. The topological polar surface area (TPSA) is 62.4 Å². The number of aliphatic hydroxyl groups excluding tert-OH is 1. The molecule has 1 aromatic heterocycles. The molecule has 0 unspecified atom stereocenters. The Balaban J connectivity index is 2.13. The molecular weight excluding hydrogens is 238 g/mol. The summed E-state index contributed by atoms with van der Waals surface area (Å²) in [7, 11) is 0. The van der Waals surface area contributed by atoms with Crippen LogP contribution in [0.5, 0.6) is 0 Å². The van der Waals surface area contributed by atoms with Crippen LogP contribution in [0.15, 0.2) is 18.3 Å². The predicted octanol–water partition coefficient (Wildman–Crippen LogP) is 2.23. The largest absolute Gasteiger partial charge is 0.395 e. The molecule has 1 atom stereocenters. The van der Waals surface area contributed by atoms with Crippen LogP contribution in [0.4, 0.5) is 5.69 Å². The zero-order valence-electron chi connectivity index (χ0n) is 11.8. The monoisotopic (exact) mass is 263 g/mol. The van der Waals surface area contributed by atoms with Crippen molar-refractivity contribution in [3.63, 3.8) is 0 Å². The van der Waals surface area contributed by atoms with E-state index >= 15 is 0 Å². The molecule has 0 saturated heterocycles. The number of nitrogens with two attached hydrogens (primary N) is 1. The first-order chi connectivity index (χ1) is 9.22. The third-order valence-electron chi connectivity index (χ3n) is 3.93. The first kappa shape index (κ1) is 14.3. The molecule has 2 rings (SSSR count). The van der Waals surface area contributed by atoms with Crippen LogP contribution < -0.4 is 10.6 Å². The highest BCUT2D eigenvalue weighted by Crippen LogP contribution is 2.27. The van der Waals surface area contributed by atoms with Crippen LogP contribution in [0, 0.1) is 0 Å². The minimum Gasteiger partial charge on any atom is -0.395 e. The van der Waals surface area contributed by atoms with Gasteiger partial charge in [0.25, 0.3) is 0 Å². The zero-order chi connectivity index (χ0) is 13.7. The summed E-state index contributed by atoms with van der Waals surface area (Å²) < 4.78 is 0. The second kappa shape index (κ2) is 6.87. The lowest BCUT2D eigenvalue weighted by atomic mass is 9.94. The first-order valence-electron chi connectivity index (χ1n) is 7.31. The standard InChI is InChI=1S/C15H25N3O/c1-12(16)15-8-7-14(11-17-15)18(9-10-19)13-5-3-2-4-6-13/h7-8,11-13,19H,2-6,9-10,16H2,1H3/t12-/m1/s1. The van der Waals surface area contributed by atoms with E-state index < -0.39 is 0 Å². The van der Waals surface area contributed by atoms with Crippen molar-refractivity contribution in [2.24, 2.45) is 5.73 Å². The molecule has 4 heteroatoms. The summed E-state index contributed by atoms with van der Waals surface area (Å²) in [6.07, 6.45) is 8.24. The summed E-state index contributed by atoms with van der Waals surface area (Å²) >= 11 is 0. The van der Waals surface area contributed by atoms with Crippen LogP contribution in [0.1, 0.15) is 50.8 Å². The Labute approximate surface area is 115 Å². The fourth-order valence-corrected chi connectivity index (χ4v) is 2.86. The number of nitrogens with zero attached hydrogens (tertiary/aromatic N) is 2. The number of hydrogen-bond donors (Lipinski definition) is 2. The Hall–Kier alpha value is -1.13. The van der Waals surface area contributed by atoms with Crippen LogP contribution in [0.2, 0.25) is 0 Å².